The molecular weight excluding hydrogens is 240 g/mol. The first-order valence-electron chi connectivity index (χ1n) is 6.77. The molecule has 0 amide bonds. The fourth-order valence-corrected chi connectivity index (χ4v) is 2.68. The Bertz CT molecular complexity index is 446. The minimum Gasteiger partial charge on any atom is -0.481 e. The number of fused-ring (bicyclic) bond motifs is 1. The van der Waals surface area contributed by atoms with E-state index in [1.165, 1.54) is 11.1 Å². The second-order valence-electron chi connectivity index (χ2n) is 6.42. The molecule has 1 aromatic carbocycles. The van der Waals surface area contributed by atoms with Crippen molar-refractivity contribution in [3.63, 3.8) is 0 Å². The van der Waals surface area contributed by atoms with Gasteiger partial charge in [-0.15, -0.1) is 0 Å². The molecule has 19 heavy (non-hydrogen) atoms. The first kappa shape index (κ1) is 14.1. The molecule has 0 bridgehead atoms. The fourth-order valence-electron chi connectivity index (χ4n) is 2.68. The predicted molar refractivity (Wildman–Crippen MR) is 74.2 cm³/mol. The Labute approximate surface area is 114 Å². The molecule has 1 N–H and O–H groups in total. The van der Waals surface area contributed by atoms with Crippen LogP contribution >= 0.6 is 0 Å². The molecule has 0 aromatic heterocycles. The highest BCUT2D eigenvalue weighted by Crippen LogP contribution is 2.40. The number of carbonyl (C=O) groups is 1. The van der Waals surface area contributed by atoms with Gasteiger partial charge in [0.15, 0.2) is 0 Å². The van der Waals surface area contributed by atoms with Crippen LogP contribution in [0.3, 0.4) is 0 Å². The number of ether oxygens (including phenoxy) is 1. The van der Waals surface area contributed by atoms with Crippen LogP contribution in [0, 0.1) is 5.41 Å². The van der Waals surface area contributed by atoms with Crippen LogP contribution in [0.5, 0.6) is 0 Å². The van der Waals surface area contributed by atoms with Crippen molar-refractivity contribution in [1.29, 1.82) is 0 Å². The summed E-state index contributed by atoms with van der Waals surface area (Å²) in [7, 11) is 0. The van der Waals surface area contributed by atoms with Crippen molar-refractivity contribution in [1.82, 2.24) is 0 Å². The third kappa shape index (κ3) is 3.16. The van der Waals surface area contributed by atoms with E-state index in [-0.39, 0.29) is 5.60 Å². The molecule has 0 heterocycles. The van der Waals surface area contributed by atoms with Gasteiger partial charge in [0.1, 0.15) is 0 Å². The van der Waals surface area contributed by atoms with Crippen LogP contribution in [-0.4, -0.2) is 23.3 Å². The fraction of sp³-hybridized carbons (Fsp3) is 0.562. The summed E-state index contributed by atoms with van der Waals surface area (Å²) < 4.78 is 5.70. The van der Waals surface area contributed by atoms with E-state index < -0.39 is 11.4 Å². The van der Waals surface area contributed by atoms with Gasteiger partial charge in [-0.1, -0.05) is 24.3 Å². The normalized spacial score (nSPS) is 17.2. The second-order valence-corrected chi connectivity index (χ2v) is 6.42. The molecule has 1 aromatic rings. The topological polar surface area (TPSA) is 46.5 Å². The van der Waals surface area contributed by atoms with Crippen molar-refractivity contribution >= 4 is 5.97 Å². The van der Waals surface area contributed by atoms with Crippen molar-refractivity contribution in [2.45, 2.75) is 45.6 Å². The largest absolute Gasteiger partial charge is 0.481 e. The summed E-state index contributed by atoms with van der Waals surface area (Å²) in [5.74, 6) is -0.707. The molecule has 0 aliphatic heterocycles. The maximum absolute atomic E-state index is 11.7. The Hall–Kier alpha value is -1.35. The lowest BCUT2D eigenvalue weighted by Crippen LogP contribution is -2.34. The van der Waals surface area contributed by atoms with Crippen LogP contribution in [0.1, 0.15) is 38.3 Å². The van der Waals surface area contributed by atoms with Gasteiger partial charge in [0.05, 0.1) is 11.0 Å². The van der Waals surface area contributed by atoms with E-state index in [4.69, 9.17) is 4.74 Å². The Kier molecular flexibility index (Phi) is 3.68. The molecule has 0 unspecified atom stereocenters. The van der Waals surface area contributed by atoms with Crippen molar-refractivity contribution in [3.8, 4) is 0 Å². The third-order valence-corrected chi connectivity index (χ3v) is 3.75. The molecule has 3 heteroatoms. The van der Waals surface area contributed by atoms with E-state index in [2.05, 4.69) is 0 Å². The highest BCUT2D eigenvalue weighted by atomic mass is 16.5. The highest BCUT2D eigenvalue weighted by Gasteiger charge is 2.43. The summed E-state index contributed by atoms with van der Waals surface area (Å²) >= 11 is 0. The van der Waals surface area contributed by atoms with Crippen molar-refractivity contribution in [2.75, 3.05) is 6.61 Å². The zero-order valence-electron chi connectivity index (χ0n) is 11.9. The number of hydrogen-bond donors (Lipinski definition) is 1. The predicted octanol–water partition coefficient (Wildman–Crippen LogP) is 3.06. The molecule has 104 valence electrons. The molecule has 0 atom stereocenters. The number of carboxylic acids is 1. The summed E-state index contributed by atoms with van der Waals surface area (Å²) in [5, 5.41) is 9.61. The molecule has 0 radical (unpaired) electrons. The van der Waals surface area contributed by atoms with E-state index in [0.717, 1.165) is 0 Å². The molecule has 1 aliphatic rings. The SMILES string of the molecule is CC(C)(C)OCCC1(C(=O)O)Cc2ccccc2C1. The maximum atomic E-state index is 11.7. The molecule has 0 spiro atoms. The van der Waals surface area contributed by atoms with E-state index in [0.29, 0.717) is 25.9 Å². The number of rotatable bonds is 4. The van der Waals surface area contributed by atoms with Gasteiger partial charge in [0.2, 0.25) is 0 Å². The van der Waals surface area contributed by atoms with Gasteiger partial charge >= 0.3 is 5.97 Å². The summed E-state index contributed by atoms with van der Waals surface area (Å²) in [4.78, 5) is 11.7. The van der Waals surface area contributed by atoms with E-state index >= 15 is 0 Å². The Morgan fingerprint density at radius 3 is 2.21 bits per heavy atom. The molecule has 0 saturated carbocycles. The Balaban J connectivity index is 2.08. The van der Waals surface area contributed by atoms with E-state index in [9.17, 15) is 9.90 Å². The molecule has 2 rings (SSSR count). The average molecular weight is 262 g/mol. The number of aliphatic carboxylic acids is 1. The van der Waals surface area contributed by atoms with Crippen LogP contribution in [0.25, 0.3) is 0 Å². The molecule has 0 fully saturated rings. The molecule has 0 saturated heterocycles. The monoisotopic (exact) mass is 262 g/mol. The first-order valence-corrected chi connectivity index (χ1v) is 6.77. The zero-order chi connectivity index (χ0) is 14.1. The Morgan fingerprint density at radius 1 is 1.26 bits per heavy atom. The van der Waals surface area contributed by atoms with Crippen LogP contribution in [0.4, 0.5) is 0 Å². The lowest BCUT2D eigenvalue weighted by molar-refractivity contribution is -0.150. The van der Waals surface area contributed by atoms with Gasteiger partial charge in [0, 0.05) is 6.61 Å². The average Bonchev–Trinajstić information content (AvgIpc) is 2.66. The van der Waals surface area contributed by atoms with Gasteiger partial charge in [-0.3, -0.25) is 4.79 Å². The quantitative estimate of drug-likeness (QED) is 0.907. The van der Waals surface area contributed by atoms with Gasteiger partial charge in [-0.2, -0.15) is 0 Å². The zero-order valence-corrected chi connectivity index (χ0v) is 11.9. The summed E-state index contributed by atoms with van der Waals surface area (Å²) in [6.45, 7) is 6.46. The van der Waals surface area contributed by atoms with E-state index in [1.54, 1.807) is 0 Å². The summed E-state index contributed by atoms with van der Waals surface area (Å²) in [6, 6.07) is 8.01. The first-order chi connectivity index (χ1) is 8.82. The lowest BCUT2D eigenvalue weighted by atomic mass is 9.81. The highest BCUT2D eigenvalue weighted by molar-refractivity contribution is 5.77. The number of hydrogen-bond acceptors (Lipinski definition) is 2. The lowest BCUT2D eigenvalue weighted by Gasteiger charge is -2.26. The Morgan fingerprint density at radius 2 is 1.79 bits per heavy atom. The number of carboxylic acid groups (broad SMARTS) is 1. The van der Waals surface area contributed by atoms with Crippen molar-refractivity contribution < 1.29 is 14.6 Å². The molecule has 1 aliphatic carbocycles. The maximum Gasteiger partial charge on any atom is 0.310 e. The van der Waals surface area contributed by atoms with Crippen LogP contribution in [0.15, 0.2) is 24.3 Å². The van der Waals surface area contributed by atoms with Crippen LogP contribution in [-0.2, 0) is 22.4 Å². The molecular formula is C16H22O3. The van der Waals surface area contributed by atoms with Gasteiger partial charge in [-0.05, 0) is 51.2 Å². The minimum atomic E-state index is -0.707. The van der Waals surface area contributed by atoms with Crippen LogP contribution in [0.2, 0.25) is 0 Å². The smallest absolute Gasteiger partial charge is 0.310 e. The minimum absolute atomic E-state index is 0.217. The van der Waals surface area contributed by atoms with Gasteiger partial charge in [-0.25, -0.2) is 0 Å². The standard InChI is InChI=1S/C16H22O3/c1-15(2,3)19-9-8-16(14(17)18)10-12-6-4-5-7-13(12)11-16/h4-7H,8-11H2,1-3H3,(H,17,18). The summed E-state index contributed by atoms with van der Waals surface area (Å²) in [6.07, 6.45) is 1.80. The third-order valence-electron chi connectivity index (χ3n) is 3.75. The second kappa shape index (κ2) is 4.97. The van der Waals surface area contributed by atoms with E-state index in [1.807, 2.05) is 45.0 Å². The van der Waals surface area contributed by atoms with Gasteiger partial charge < -0.3 is 9.84 Å². The number of benzene rings is 1. The van der Waals surface area contributed by atoms with Crippen molar-refractivity contribution in [3.05, 3.63) is 35.4 Å². The van der Waals surface area contributed by atoms with Crippen molar-refractivity contribution in [2.24, 2.45) is 5.41 Å². The summed E-state index contributed by atoms with van der Waals surface area (Å²) in [5.41, 5.74) is 1.43. The van der Waals surface area contributed by atoms with Crippen LogP contribution < -0.4 is 0 Å². The molecule has 3 nitrogen and oxygen atoms in total. The van der Waals surface area contributed by atoms with Gasteiger partial charge in [0.25, 0.3) is 0 Å².